The Morgan fingerprint density at radius 2 is 1.62 bits per heavy atom. The molecule has 0 saturated carbocycles. The van der Waals surface area contributed by atoms with Gasteiger partial charge in [-0.15, -0.1) is 23.2 Å². The summed E-state index contributed by atoms with van der Waals surface area (Å²) in [7, 11) is 0. The number of nitrogen functional groups attached to an aromatic ring is 1. The quantitative estimate of drug-likeness (QED) is 0.544. The number of anilines is 1. The minimum absolute atomic E-state index is 0.222. The second-order valence-electron chi connectivity index (χ2n) is 2.19. The summed E-state index contributed by atoms with van der Waals surface area (Å²) in [5, 5.41) is 1.03. The van der Waals surface area contributed by atoms with E-state index in [4.69, 9.17) is 52.1 Å². The number of benzene rings is 1. The molecule has 0 aliphatic carbocycles. The minimum atomic E-state index is -0.222. The third-order valence-corrected chi connectivity index (χ3v) is 1.68. The zero-order valence-corrected chi connectivity index (χ0v) is 9.92. The molecule has 1 aromatic rings. The van der Waals surface area contributed by atoms with Gasteiger partial charge in [0.2, 0.25) is 0 Å². The Morgan fingerprint density at radius 1 is 1.15 bits per heavy atom. The van der Waals surface area contributed by atoms with Crippen molar-refractivity contribution >= 4 is 52.1 Å². The Bertz CT molecular complexity index is 260. The SMILES string of the molecule is CC(Cl)Cl.Nc1ccc(Cl)c(Cl)c1. The van der Waals surface area contributed by atoms with Gasteiger partial charge in [-0.1, -0.05) is 23.2 Å². The molecule has 0 heterocycles. The molecule has 0 unspecified atom stereocenters. The van der Waals surface area contributed by atoms with Gasteiger partial charge in [0.05, 0.1) is 10.0 Å². The van der Waals surface area contributed by atoms with E-state index in [1.54, 1.807) is 25.1 Å². The molecule has 1 aromatic carbocycles. The number of alkyl halides is 2. The van der Waals surface area contributed by atoms with Gasteiger partial charge in [0.1, 0.15) is 4.84 Å². The Balaban J connectivity index is 0.000000310. The second-order valence-corrected chi connectivity index (χ2v) is 4.54. The van der Waals surface area contributed by atoms with Gasteiger partial charge in [-0.25, -0.2) is 0 Å². The van der Waals surface area contributed by atoms with Crippen molar-refractivity contribution in [3.63, 3.8) is 0 Å². The first-order chi connectivity index (χ1) is 5.93. The van der Waals surface area contributed by atoms with Gasteiger partial charge in [-0.3, -0.25) is 0 Å². The first kappa shape index (κ1) is 13.2. The molecule has 13 heavy (non-hydrogen) atoms. The minimum Gasteiger partial charge on any atom is -0.399 e. The molecule has 5 heteroatoms. The third kappa shape index (κ3) is 7.27. The van der Waals surface area contributed by atoms with Crippen LogP contribution in [0, 0.1) is 0 Å². The molecule has 0 aromatic heterocycles. The van der Waals surface area contributed by atoms with Crippen molar-refractivity contribution in [2.24, 2.45) is 0 Å². The molecule has 0 spiro atoms. The zero-order valence-electron chi connectivity index (χ0n) is 6.90. The number of nitrogens with two attached hydrogens (primary N) is 1. The zero-order chi connectivity index (χ0) is 10.4. The molecule has 0 saturated heterocycles. The molecule has 0 aliphatic rings. The van der Waals surface area contributed by atoms with E-state index in [2.05, 4.69) is 0 Å². The Labute approximate surface area is 97.7 Å². The number of halogens is 4. The summed E-state index contributed by atoms with van der Waals surface area (Å²) in [5.74, 6) is 0. The monoisotopic (exact) mass is 259 g/mol. The second kappa shape index (κ2) is 6.61. The lowest BCUT2D eigenvalue weighted by atomic mass is 10.3. The van der Waals surface area contributed by atoms with Crippen LogP contribution in [-0.2, 0) is 0 Å². The van der Waals surface area contributed by atoms with E-state index in [9.17, 15) is 0 Å². The Morgan fingerprint density at radius 3 is 1.92 bits per heavy atom. The molecule has 0 radical (unpaired) electrons. The van der Waals surface area contributed by atoms with Crippen molar-refractivity contribution in [2.75, 3.05) is 5.73 Å². The average molecular weight is 261 g/mol. The number of hydrogen-bond donors (Lipinski definition) is 1. The summed E-state index contributed by atoms with van der Waals surface area (Å²) >= 11 is 21.3. The highest BCUT2D eigenvalue weighted by atomic mass is 35.5. The van der Waals surface area contributed by atoms with Crippen LogP contribution in [0.2, 0.25) is 10.0 Å². The van der Waals surface area contributed by atoms with Crippen LogP contribution < -0.4 is 5.73 Å². The Hall–Kier alpha value is 0.180. The first-order valence-corrected chi connectivity index (χ1v) is 5.05. The lowest BCUT2D eigenvalue weighted by Crippen LogP contribution is -1.82. The Kier molecular flexibility index (Phi) is 6.70. The van der Waals surface area contributed by atoms with Crippen molar-refractivity contribution < 1.29 is 0 Å². The average Bonchev–Trinajstić information content (AvgIpc) is 1.96. The topological polar surface area (TPSA) is 26.0 Å². The van der Waals surface area contributed by atoms with Crippen molar-refractivity contribution in [1.29, 1.82) is 0 Å². The van der Waals surface area contributed by atoms with Crippen molar-refractivity contribution in [1.82, 2.24) is 0 Å². The highest BCUT2D eigenvalue weighted by molar-refractivity contribution is 6.44. The van der Waals surface area contributed by atoms with Crippen LogP contribution >= 0.6 is 46.4 Å². The maximum atomic E-state index is 5.60. The number of hydrogen-bond acceptors (Lipinski definition) is 1. The van der Waals surface area contributed by atoms with Crippen LogP contribution in [0.4, 0.5) is 5.69 Å². The van der Waals surface area contributed by atoms with Gasteiger partial charge < -0.3 is 5.73 Å². The van der Waals surface area contributed by atoms with Gasteiger partial charge in [0.25, 0.3) is 0 Å². The fraction of sp³-hybridized carbons (Fsp3) is 0.250. The van der Waals surface area contributed by atoms with E-state index >= 15 is 0 Å². The van der Waals surface area contributed by atoms with E-state index in [1.807, 2.05) is 0 Å². The molecular weight excluding hydrogens is 252 g/mol. The van der Waals surface area contributed by atoms with Crippen molar-refractivity contribution in [3.05, 3.63) is 28.2 Å². The lowest BCUT2D eigenvalue weighted by molar-refractivity contribution is 1.39. The van der Waals surface area contributed by atoms with Crippen LogP contribution in [-0.4, -0.2) is 4.84 Å². The molecule has 0 aliphatic heterocycles. The lowest BCUT2D eigenvalue weighted by Gasteiger charge is -1.94. The van der Waals surface area contributed by atoms with E-state index in [1.165, 1.54) is 0 Å². The van der Waals surface area contributed by atoms with E-state index in [0.717, 1.165) is 0 Å². The summed E-state index contributed by atoms with van der Waals surface area (Å²) in [4.78, 5) is -0.222. The fourth-order valence-corrected chi connectivity index (χ4v) is 0.819. The normalized spacial score (nSPS) is 9.38. The van der Waals surface area contributed by atoms with Crippen LogP contribution in [0.1, 0.15) is 6.92 Å². The largest absolute Gasteiger partial charge is 0.399 e. The number of rotatable bonds is 0. The molecule has 0 amide bonds. The fourth-order valence-electron chi connectivity index (χ4n) is 0.512. The van der Waals surface area contributed by atoms with Crippen LogP contribution in [0.15, 0.2) is 18.2 Å². The molecule has 0 atom stereocenters. The van der Waals surface area contributed by atoms with E-state index in [0.29, 0.717) is 15.7 Å². The summed E-state index contributed by atoms with van der Waals surface area (Å²) in [6.07, 6.45) is 0. The van der Waals surface area contributed by atoms with Crippen molar-refractivity contribution in [2.45, 2.75) is 11.8 Å². The van der Waals surface area contributed by atoms with Gasteiger partial charge in [-0.2, -0.15) is 0 Å². The molecule has 74 valence electrons. The van der Waals surface area contributed by atoms with Crippen molar-refractivity contribution in [3.8, 4) is 0 Å². The van der Waals surface area contributed by atoms with E-state index < -0.39 is 0 Å². The third-order valence-electron chi connectivity index (χ3n) is 0.944. The van der Waals surface area contributed by atoms with Crippen LogP contribution in [0.3, 0.4) is 0 Å². The molecule has 0 bridgehead atoms. The molecule has 0 fully saturated rings. The van der Waals surface area contributed by atoms with Crippen LogP contribution in [0.5, 0.6) is 0 Å². The summed E-state index contributed by atoms with van der Waals surface area (Å²) < 4.78 is 0. The highest BCUT2D eigenvalue weighted by Gasteiger charge is 1.94. The summed E-state index contributed by atoms with van der Waals surface area (Å²) in [6, 6.07) is 4.98. The molecule has 1 nitrogen and oxygen atoms in total. The predicted octanol–water partition coefficient (Wildman–Crippen LogP) is 4.39. The van der Waals surface area contributed by atoms with E-state index in [-0.39, 0.29) is 4.84 Å². The van der Waals surface area contributed by atoms with Gasteiger partial charge in [-0.05, 0) is 25.1 Å². The van der Waals surface area contributed by atoms with Gasteiger partial charge in [0, 0.05) is 5.69 Å². The molecule has 2 N–H and O–H groups in total. The summed E-state index contributed by atoms with van der Waals surface area (Å²) in [5.41, 5.74) is 6.01. The van der Waals surface area contributed by atoms with Crippen LogP contribution in [0.25, 0.3) is 0 Å². The first-order valence-electron chi connectivity index (χ1n) is 3.42. The predicted molar refractivity (Wildman–Crippen MR) is 62.0 cm³/mol. The van der Waals surface area contributed by atoms with Gasteiger partial charge >= 0.3 is 0 Å². The molecule has 1 rings (SSSR count). The maximum absolute atomic E-state index is 5.60. The smallest absolute Gasteiger partial charge is 0.105 e. The van der Waals surface area contributed by atoms with Gasteiger partial charge in [0.15, 0.2) is 0 Å². The molecular formula is C8H9Cl4N. The maximum Gasteiger partial charge on any atom is 0.105 e. The summed E-state index contributed by atoms with van der Waals surface area (Å²) in [6.45, 7) is 1.70. The highest BCUT2D eigenvalue weighted by Crippen LogP contribution is 2.23. The standard InChI is InChI=1S/C6H5Cl2N.C2H4Cl2/c7-5-2-1-4(9)3-6(5)8;1-2(3)4/h1-3H,9H2;2H,1H3.